The van der Waals surface area contributed by atoms with E-state index in [-0.39, 0.29) is 23.8 Å². The van der Waals surface area contributed by atoms with Crippen LogP contribution in [0.2, 0.25) is 5.02 Å². The minimum atomic E-state index is -0.868. The number of amides is 2. The molecule has 2 heterocycles. The molecule has 0 fully saturated rings. The molecule has 4 rings (SSSR count). The fraction of sp³-hybridized carbons (Fsp3) is 0.407. The minimum absolute atomic E-state index is 0.0301. The van der Waals surface area contributed by atoms with Gasteiger partial charge in [0.05, 0.1) is 16.2 Å². The Labute approximate surface area is 200 Å². The maximum Gasteiger partial charge on any atom is 0.249 e. The first kappa shape index (κ1) is 23.4. The highest BCUT2D eigenvalue weighted by atomic mass is 35.5. The van der Waals surface area contributed by atoms with Crippen LogP contribution in [0.1, 0.15) is 58.3 Å². The van der Waals surface area contributed by atoms with E-state index in [9.17, 15) is 9.59 Å². The molecule has 2 aromatic carbocycles. The molecule has 1 unspecified atom stereocenters. The Kier molecular flexibility index (Phi) is 5.81. The molecule has 6 heteroatoms. The Bertz CT molecular complexity index is 1220. The van der Waals surface area contributed by atoms with Gasteiger partial charge in [-0.1, -0.05) is 68.3 Å². The summed E-state index contributed by atoms with van der Waals surface area (Å²) >= 11 is 6.88. The number of para-hydroxylation sites is 1. The molecule has 0 radical (unpaired) electrons. The van der Waals surface area contributed by atoms with E-state index < -0.39 is 11.6 Å². The van der Waals surface area contributed by atoms with Crippen LogP contribution < -0.4 is 10.2 Å². The normalized spacial score (nSPS) is 16.8. The number of benzene rings is 2. The van der Waals surface area contributed by atoms with Crippen molar-refractivity contribution in [2.75, 3.05) is 4.90 Å². The zero-order chi connectivity index (χ0) is 24.1. The Hall–Kier alpha value is -2.79. The van der Waals surface area contributed by atoms with E-state index in [4.69, 9.17) is 11.6 Å². The fourth-order valence-corrected chi connectivity index (χ4v) is 5.57. The maximum atomic E-state index is 13.9. The molecule has 174 valence electrons. The van der Waals surface area contributed by atoms with Crippen LogP contribution in [0.5, 0.6) is 0 Å². The number of nitrogens with zero attached hydrogens (tertiary/aromatic N) is 2. The summed E-state index contributed by atoms with van der Waals surface area (Å²) in [7, 11) is 0. The molecule has 1 aromatic heterocycles. The van der Waals surface area contributed by atoms with Gasteiger partial charge in [-0.3, -0.25) is 14.5 Å². The zero-order valence-electron chi connectivity index (χ0n) is 20.2. The van der Waals surface area contributed by atoms with Gasteiger partial charge in [-0.15, -0.1) is 0 Å². The van der Waals surface area contributed by atoms with Gasteiger partial charge < -0.3 is 9.88 Å². The predicted octanol–water partition coefficient (Wildman–Crippen LogP) is 6.02. The second-order valence-electron chi connectivity index (χ2n) is 10.9. The van der Waals surface area contributed by atoms with Crippen molar-refractivity contribution in [2.45, 2.75) is 66.1 Å². The third-order valence-corrected chi connectivity index (χ3v) is 6.42. The molecule has 0 saturated carbocycles. The van der Waals surface area contributed by atoms with Crippen LogP contribution in [0.3, 0.4) is 0 Å². The Morgan fingerprint density at radius 2 is 1.70 bits per heavy atom. The van der Waals surface area contributed by atoms with E-state index in [2.05, 4.69) is 26.1 Å². The summed E-state index contributed by atoms with van der Waals surface area (Å²) in [6, 6.07) is 14.5. The maximum absolute atomic E-state index is 13.9. The average Bonchev–Trinajstić information content (AvgIpc) is 2.98. The van der Waals surface area contributed by atoms with Gasteiger partial charge in [0, 0.05) is 16.6 Å². The predicted molar refractivity (Wildman–Crippen MR) is 135 cm³/mol. The molecule has 1 aliphatic heterocycles. The van der Waals surface area contributed by atoms with E-state index in [1.165, 1.54) is 0 Å². The van der Waals surface area contributed by atoms with E-state index in [0.717, 1.165) is 22.9 Å². The Morgan fingerprint density at radius 1 is 1.06 bits per heavy atom. The number of anilines is 1. The molecular weight excluding hydrogens is 434 g/mol. The summed E-state index contributed by atoms with van der Waals surface area (Å²) in [6.45, 7) is 12.6. The number of hydrogen-bond donors (Lipinski definition) is 1. The molecule has 1 aliphatic rings. The number of carbonyl (C=O) groups is 2. The SMILES string of the molecule is Cc1ccc(N2C(=O)Cn3c(c(Cl)c4ccccc43)C2C(=O)NC(C)(C)CC(C)(C)C)cc1. The van der Waals surface area contributed by atoms with Crippen LogP contribution in [-0.4, -0.2) is 21.9 Å². The first-order chi connectivity index (χ1) is 15.4. The average molecular weight is 466 g/mol. The number of aryl methyl sites for hydroxylation is 1. The standard InChI is InChI=1S/C27H32ClN3O2/c1-17-11-13-18(14-12-17)31-21(32)15-30-20-10-8-7-9-19(20)22(28)23(30)24(31)25(33)29-27(5,6)16-26(2,3)4/h7-14,24H,15-16H2,1-6H3,(H,29,33). The topological polar surface area (TPSA) is 54.3 Å². The second-order valence-corrected chi connectivity index (χ2v) is 11.3. The zero-order valence-corrected chi connectivity index (χ0v) is 21.0. The van der Waals surface area contributed by atoms with Gasteiger partial charge in [-0.25, -0.2) is 0 Å². The van der Waals surface area contributed by atoms with E-state index in [1.54, 1.807) is 4.90 Å². The Balaban J connectivity index is 1.86. The van der Waals surface area contributed by atoms with E-state index in [1.807, 2.05) is 73.9 Å². The lowest BCUT2D eigenvalue weighted by Crippen LogP contribution is -2.54. The minimum Gasteiger partial charge on any atom is -0.349 e. The largest absolute Gasteiger partial charge is 0.349 e. The van der Waals surface area contributed by atoms with Crippen molar-refractivity contribution in [1.82, 2.24) is 9.88 Å². The molecule has 0 aliphatic carbocycles. The summed E-state index contributed by atoms with van der Waals surface area (Å²) in [5.74, 6) is -0.374. The van der Waals surface area contributed by atoms with Gasteiger partial charge in [-0.05, 0) is 50.8 Å². The summed E-state index contributed by atoms with van der Waals surface area (Å²) in [5, 5.41) is 4.59. The monoisotopic (exact) mass is 465 g/mol. The van der Waals surface area contributed by atoms with Gasteiger partial charge in [0.1, 0.15) is 6.54 Å². The lowest BCUT2D eigenvalue weighted by atomic mass is 9.81. The molecule has 0 bridgehead atoms. The molecule has 2 amide bonds. The number of fused-ring (bicyclic) bond motifs is 3. The van der Waals surface area contributed by atoms with Crippen LogP contribution in [0.4, 0.5) is 5.69 Å². The molecule has 0 spiro atoms. The number of halogens is 1. The summed E-state index contributed by atoms with van der Waals surface area (Å²) in [5.41, 5.74) is 2.86. The van der Waals surface area contributed by atoms with Crippen LogP contribution in [0, 0.1) is 12.3 Å². The summed E-state index contributed by atoms with van der Waals surface area (Å²) in [6.07, 6.45) is 0.785. The molecule has 1 N–H and O–H groups in total. The van der Waals surface area contributed by atoms with Crippen LogP contribution in [0.25, 0.3) is 10.9 Å². The molecule has 5 nitrogen and oxygen atoms in total. The first-order valence-corrected chi connectivity index (χ1v) is 11.7. The number of hydrogen-bond acceptors (Lipinski definition) is 2. The van der Waals surface area contributed by atoms with Gasteiger partial charge in [0.25, 0.3) is 0 Å². The van der Waals surface area contributed by atoms with Gasteiger partial charge in [-0.2, -0.15) is 0 Å². The van der Waals surface area contributed by atoms with E-state index >= 15 is 0 Å². The third kappa shape index (κ3) is 4.51. The number of aromatic nitrogens is 1. The van der Waals surface area contributed by atoms with Crippen LogP contribution in [-0.2, 0) is 16.1 Å². The molecular formula is C27H32ClN3O2. The first-order valence-electron chi connectivity index (χ1n) is 11.4. The van der Waals surface area contributed by atoms with Gasteiger partial charge >= 0.3 is 0 Å². The summed E-state index contributed by atoms with van der Waals surface area (Å²) < 4.78 is 1.89. The van der Waals surface area contributed by atoms with E-state index in [0.29, 0.717) is 16.4 Å². The van der Waals surface area contributed by atoms with Crippen molar-refractivity contribution in [3.8, 4) is 0 Å². The van der Waals surface area contributed by atoms with Crippen molar-refractivity contribution < 1.29 is 9.59 Å². The summed E-state index contributed by atoms with van der Waals surface area (Å²) in [4.78, 5) is 29.0. The molecule has 3 aromatic rings. The fourth-order valence-electron chi connectivity index (χ4n) is 5.21. The quantitative estimate of drug-likeness (QED) is 0.512. The molecule has 33 heavy (non-hydrogen) atoms. The van der Waals surface area contributed by atoms with Gasteiger partial charge in [0.2, 0.25) is 11.8 Å². The third-order valence-electron chi connectivity index (χ3n) is 6.02. The number of rotatable bonds is 4. The highest BCUT2D eigenvalue weighted by molar-refractivity contribution is 6.37. The van der Waals surface area contributed by atoms with Crippen molar-refractivity contribution in [2.24, 2.45) is 5.41 Å². The highest BCUT2D eigenvalue weighted by Gasteiger charge is 2.43. The van der Waals surface area contributed by atoms with Crippen LogP contribution >= 0.6 is 11.6 Å². The van der Waals surface area contributed by atoms with Crippen molar-refractivity contribution in [3.63, 3.8) is 0 Å². The van der Waals surface area contributed by atoms with Crippen LogP contribution in [0.15, 0.2) is 48.5 Å². The lowest BCUT2D eigenvalue weighted by molar-refractivity contribution is -0.129. The van der Waals surface area contributed by atoms with Crippen molar-refractivity contribution in [3.05, 3.63) is 64.8 Å². The molecule has 1 atom stereocenters. The smallest absolute Gasteiger partial charge is 0.249 e. The highest BCUT2D eigenvalue weighted by Crippen LogP contribution is 2.42. The Morgan fingerprint density at radius 3 is 2.33 bits per heavy atom. The van der Waals surface area contributed by atoms with Crippen molar-refractivity contribution in [1.29, 1.82) is 0 Å². The number of nitrogens with one attached hydrogen (secondary N) is 1. The second kappa shape index (κ2) is 8.21. The number of carbonyl (C=O) groups excluding carboxylic acids is 2. The van der Waals surface area contributed by atoms with Gasteiger partial charge in [0.15, 0.2) is 6.04 Å². The lowest BCUT2D eigenvalue weighted by Gasteiger charge is -2.39. The van der Waals surface area contributed by atoms with Crippen molar-refractivity contribution >= 4 is 40.0 Å². The molecule has 0 saturated heterocycles.